The minimum atomic E-state index is -1.90. The molecule has 2 rings (SSSR count). The Hall–Kier alpha value is -0.463. The van der Waals surface area contributed by atoms with E-state index in [1.165, 1.54) is 0 Å². The number of ether oxygens (including phenoxy) is 1. The van der Waals surface area contributed by atoms with E-state index in [1.54, 1.807) is 26.0 Å². The zero-order valence-electron chi connectivity index (χ0n) is 14.8. The zero-order chi connectivity index (χ0) is 16.9. The van der Waals surface area contributed by atoms with Crippen LogP contribution in [0.25, 0.3) is 0 Å². The quantitative estimate of drug-likeness (QED) is 0.616. The fourth-order valence-corrected chi connectivity index (χ4v) is 3.54. The monoisotopic (exact) mass is 326 g/mol. The maximum absolute atomic E-state index is 10.3. The molecular weight excluding hydrogens is 296 g/mol. The highest BCUT2D eigenvalue weighted by atomic mass is 28.4. The molecule has 0 saturated carbocycles. The molecule has 1 aliphatic carbocycles. The molecule has 0 aromatic heterocycles. The van der Waals surface area contributed by atoms with Gasteiger partial charge in [0.25, 0.3) is 0 Å². The van der Waals surface area contributed by atoms with Crippen LogP contribution >= 0.6 is 0 Å². The molecule has 126 valence electrons. The maximum Gasteiger partial charge on any atom is 0.193 e. The normalized spacial score (nSPS) is 32.9. The Morgan fingerprint density at radius 1 is 1.18 bits per heavy atom. The fraction of sp³-hybridized carbons (Fsp3) is 0.765. The van der Waals surface area contributed by atoms with Gasteiger partial charge in [0.15, 0.2) is 8.32 Å². The molecule has 0 bridgehead atoms. The Labute approximate surface area is 135 Å². The summed E-state index contributed by atoms with van der Waals surface area (Å²) in [6, 6.07) is 0. The highest BCUT2D eigenvalue weighted by Crippen LogP contribution is 2.43. The summed E-state index contributed by atoms with van der Waals surface area (Å²) < 4.78 is 12.1. The topological polar surface area (TPSA) is 62.2 Å². The van der Waals surface area contributed by atoms with Crippen molar-refractivity contribution in [3.8, 4) is 0 Å². The third-order valence-corrected chi connectivity index (χ3v) is 9.29. The van der Waals surface area contributed by atoms with Gasteiger partial charge in [-0.05, 0) is 43.6 Å². The van der Waals surface area contributed by atoms with Gasteiger partial charge in [-0.25, -0.2) is 0 Å². The lowest BCUT2D eigenvalue weighted by Gasteiger charge is -2.39. The summed E-state index contributed by atoms with van der Waals surface area (Å²) >= 11 is 0. The minimum absolute atomic E-state index is 0.0385. The molecule has 4 atom stereocenters. The second kappa shape index (κ2) is 5.56. The molecule has 5 heteroatoms. The number of hydrogen-bond donors (Lipinski definition) is 2. The van der Waals surface area contributed by atoms with Gasteiger partial charge in [0, 0.05) is 0 Å². The molecular formula is C17H30O4Si. The average molecular weight is 327 g/mol. The molecule has 0 radical (unpaired) electrons. The first kappa shape index (κ1) is 17.9. The van der Waals surface area contributed by atoms with Crippen molar-refractivity contribution in [2.75, 3.05) is 0 Å². The Morgan fingerprint density at radius 2 is 1.77 bits per heavy atom. The molecule has 1 saturated heterocycles. The van der Waals surface area contributed by atoms with Crippen molar-refractivity contribution in [3.05, 3.63) is 23.8 Å². The SMILES string of the molecule is CC(C)(O)/C=C/C1=C[C@@H](O[Si](C)(C)C(C)(C)C)[C@@H]2O[C@@H]2[C@H]1O. The van der Waals surface area contributed by atoms with Crippen molar-refractivity contribution in [3.63, 3.8) is 0 Å². The summed E-state index contributed by atoms with van der Waals surface area (Å²) in [4.78, 5) is 0. The van der Waals surface area contributed by atoms with Crippen LogP contribution in [0.1, 0.15) is 34.6 Å². The van der Waals surface area contributed by atoms with E-state index in [0.29, 0.717) is 0 Å². The number of hydrogen-bond acceptors (Lipinski definition) is 4. The number of rotatable bonds is 4. The highest BCUT2D eigenvalue weighted by molar-refractivity contribution is 6.74. The molecule has 0 aromatic carbocycles. The smallest absolute Gasteiger partial charge is 0.193 e. The largest absolute Gasteiger partial charge is 0.408 e. The van der Waals surface area contributed by atoms with Gasteiger partial charge in [-0.15, -0.1) is 0 Å². The number of aliphatic hydroxyl groups excluding tert-OH is 1. The van der Waals surface area contributed by atoms with E-state index in [9.17, 15) is 10.2 Å². The van der Waals surface area contributed by atoms with Crippen LogP contribution in [0.5, 0.6) is 0 Å². The van der Waals surface area contributed by atoms with Crippen LogP contribution in [0.3, 0.4) is 0 Å². The third-order valence-electron chi connectivity index (χ3n) is 4.82. The van der Waals surface area contributed by atoms with Crippen LogP contribution in [0.4, 0.5) is 0 Å². The van der Waals surface area contributed by atoms with Crippen molar-refractivity contribution in [1.29, 1.82) is 0 Å². The van der Waals surface area contributed by atoms with Crippen molar-refractivity contribution < 1.29 is 19.4 Å². The molecule has 2 aliphatic rings. The molecule has 1 fully saturated rings. The molecule has 0 unspecified atom stereocenters. The van der Waals surface area contributed by atoms with Crippen LogP contribution in [0.15, 0.2) is 23.8 Å². The standard InChI is InChI=1S/C17H30O4Si/c1-16(2,3)22(6,7)21-12-10-11(8-9-17(4,5)19)13(18)15-14(12)20-15/h8-10,12-15,18-19H,1-7H3/b9-8+/t12-,13+,14+,15-/m1/s1. The number of epoxide rings is 1. The molecule has 4 nitrogen and oxygen atoms in total. The van der Waals surface area contributed by atoms with E-state index in [-0.39, 0.29) is 23.4 Å². The van der Waals surface area contributed by atoms with Crippen LogP contribution < -0.4 is 0 Å². The number of fused-ring (bicyclic) bond motifs is 1. The fourth-order valence-electron chi connectivity index (χ4n) is 2.30. The van der Waals surface area contributed by atoms with Gasteiger partial charge < -0.3 is 19.4 Å². The predicted octanol–water partition coefficient (Wildman–Crippen LogP) is 2.77. The molecule has 22 heavy (non-hydrogen) atoms. The van der Waals surface area contributed by atoms with Crippen molar-refractivity contribution in [1.82, 2.24) is 0 Å². The van der Waals surface area contributed by atoms with E-state index >= 15 is 0 Å². The van der Waals surface area contributed by atoms with Gasteiger partial charge in [-0.1, -0.05) is 32.9 Å². The van der Waals surface area contributed by atoms with E-state index in [0.717, 1.165) is 5.57 Å². The summed E-state index contributed by atoms with van der Waals surface area (Å²) in [6.07, 6.45) is 4.46. The van der Waals surface area contributed by atoms with E-state index in [4.69, 9.17) is 9.16 Å². The summed E-state index contributed by atoms with van der Waals surface area (Å²) in [5.74, 6) is 0. The van der Waals surface area contributed by atoms with E-state index in [2.05, 4.69) is 33.9 Å². The number of aliphatic hydroxyl groups is 2. The molecule has 1 heterocycles. The second-order valence-electron chi connectivity index (χ2n) is 8.51. The minimum Gasteiger partial charge on any atom is -0.408 e. The van der Waals surface area contributed by atoms with Gasteiger partial charge in [-0.2, -0.15) is 0 Å². The van der Waals surface area contributed by atoms with Crippen LogP contribution in [0.2, 0.25) is 18.1 Å². The highest BCUT2D eigenvalue weighted by Gasteiger charge is 2.55. The van der Waals surface area contributed by atoms with Crippen molar-refractivity contribution in [2.24, 2.45) is 0 Å². The van der Waals surface area contributed by atoms with Gasteiger partial charge in [-0.3, -0.25) is 0 Å². The van der Waals surface area contributed by atoms with E-state index in [1.807, 2.05) is 6.08 Å². The van der Waals surface area contributed by atoms with Crippen molar-refractivity contribution in [2.45, 2.75) is 82.8 Å². The van der Waals surface area contributed by atoms with Crippen molar-refractivity contribution >= 4 is 8.32 Å². The van der Waals surface area contributed by atoms with Gasteiger partial charge in [0.2, 0.25) is 0 Å². The first-order valence-electron chi connectivity index (χ1n) is 7.96. The van der Waals surface area contributed by atoms with Crippen LogP contribution in [-0.4, -0.2) is 48.5 Å². The predicted molar refractivity (Wildman–Crippen MR) is 90.3 cm³/mol. The Balaban J connectivity index is 2.19. The van der Waals surface area contributed by atoms with Crippen LogP contribution in [-0.2, 0) is 9.16 Å². The zero-order valence-corrected chi connectivity index (χ0v) is 15.8. The Bertz CT molecular complexity index is 482. The summed E-state index contributed by atoms with van der Waals surface area (Å²) in [7, 11) is -1.90. The molecule has 2 N–H and O–H groups in total. The first-order chi connectivity index (χ1) is 9.82. The lowest BCUT2D eigenvalue weighted by Crippen LogP contribution is -2.46. The average Bonchev–Trinajstić information content (AvgIpc) is 3.08. The van der Waals surface area contributed by atoms with Crippen LogP contribution in [0, 0.1) is 0 Å². The molecule has 0 aromatic rings. The lowest BCUT2D eigenvalue weighted by molar-refractivity contribution is 0.132. The summed E-state index contributed by atoms with van der Waals surface area (Å²) in [5, 5.41) is 20.2. The van der Waals surface area contributed by atoms with Gasteiger partial charge in [0.05, 0.1) is 11.7 Å². The summed E-state index contributed by atoms with van der Waals surface area (Å²) in [5.41, 5.74) is -0.137. The Kier molecular flexibility index (Phi) is 4.52. The third kappa shape index (κ3) is 3.89. The van der Waals surface area contributed by atoms with E-state index < -0.39 is 20.0 Å². The molecule has 0 amide bonds. The molecule has 0 spiro atoms. The Morgan fingerprint density at radius 3 is 2.27 bits per heavy atom. The lowest BCUT2D eigenvalue weighted by atomic mass is 9.93. The van der Waals surface area contributed by atoms with Gasteiger partial charge in [0.1, 0.15) is 18.3 Å². The maximum atomic E-state index is 10.3. The second-order valence-corrected chi connectivity index (χ2v) is 13.3. The molecule has 1 aliphatic heterocycles. The summed E-state index contributed by atoms with van der Waals surface area (Å²) in [6.45, 7) is 14.5. The first-order valence-corrected chi connectivity index (χ1v) is 10.9. The van der Waals surface area contributed by atoms with Gasteiger partial charge >= 0.3 is 0 Å².